The number of sulfonamides is 1. The Balaban J connectivity index is 1.63. The van der Waals surface area contributed by atoms with Crippen LogP contribution in [0, 0.1) is 0 Å². The minimum atomic E-state index is -3.99. The third-order valence-electron chi connectivity index (χ3n) is 4.37. The fourth-order valence-electron chi connectivity index (χ4n) is 2.96. The van der Waals surface area contributed by atoms with Gasteiger partial charge in [0.2, 0.25) is 0 Å². The number of hydrogen-bond donors (Lipinski definition) is 2. The van der Waals surface area contributed by atoms with Gasteiger partial charge in [0.25, 0.3) is 15.9 Å². The largest absolute Gasteiger partial charge is 0.467 e. The quantitative estimate of drug-likeness (QED) is 0.630. The number of allylic oxidation sites excluding steroid dienone is 2. The first-order chi connectivity index (χ1) is 14.3. The molecule has 8 nitrogen and oxygen atoms in total. The number of fused-ring (bicyclic) bond motifs is 1. The highest BCUT2D eigenvalue weighted by Crippen LogP contribution is 2.34. The van der Waals surface area contributed by atoms with E-state index in [9.17, 15) is 13.2 Å². The van der Waals surface area contributed by atoms with Crippen LogP contribution in [-0.4, -0.2) is 30.6 Å². The molecule has 2 aromatic rings. The second-order valence-corrected chi connectivity index (χ2v) is 9.37. The van der Waals surface area contributed by atoms with Crippen LogP contribution in [0.3, 0.4) is 0 Å². The molecule has 0 saturated carbocycles. The lowest BCUT2D eigenvalue weighted by Crippen LogP contribution is -2.28. The van der Waals surface area contributed by atoms with Crippen LogP contribution in [0.15, 0.2) is 76.2 Å². The molecule has 156 valence electrons. The molecule has 1 aromatic carbocycles. The van der Waals surface area contributed by atoms with Crippen molar-refractivity contribution in [2.24, 2.45) is 0 Å². The van der Waals surface area contributed by atoms with E-state index in [-0.39, 0.29) is 28.6 Å². The van der Waals surface area contributed by atoms with Crippen LogP contribution in [0.5, 0.6) is 0 Å². The van der Waals surface area contributed by atoms with Gasteiger partial charge >= 0.3 is 0 Å². The van der Waals surface area contributed by atoms with E-state index in [4.69, 9.17) is 16.0 Å². The Hall–Kier alpha value is -2.82. The SMILES string of the molecule is CN(Cc1ccco1)C(=O)c1ccc(Cl)cc1NS(=O)(=O)C1=CC=CN2SNC=C12. The Kier molecular flexibility index (Phi) is 5.54. The van der Waals surface area contributed by atoms with Gasteiger partial charge in [-0.2, -0.15) is 0 Å². The van der Waals surface area contributed by atoms with E-state index in [2.05, 4.69) is 9.44 Å². The molecule has 0 radical (unpaired) electrons. The van der Waals surface area contributed by atoms with E-state index in [1.54, 1.807) is 42.0 Å². The van der Waals surface area contributed by atoms with Crippen LogP contribution in [0.1, 0.15) is 16.1 Å². The predicted octanol–water partition coefficient (Wildman–Crippen LogP) is 3.67. The summed E-state index contributed by atoms with van der Waals surface area (Å²) in [6.45, 7) is 0.237. The van der Waals surface area contributed by atoms with Crippen LogP contribution in [0.25, 0.3) is 0 Å². The Morgan fingerprint density at radius 3 is 2.97 bits per heavy atom. The molecule has 0 atom stereocenters. The first kappa shape index (κ1) is 20.5. The van der Waals surface area contributed by atoms with Crippen LogP contribution in [0.2, 0.25) is 5.02 Å². The molecule has 2 N–H and O–H groups in total. The molecular formula is C19H17ClN4O4S2. The van der Waals surface area contributed by atoms with Crippen molar-refractivity contribution in [1.82, 2.24) is 13.9 Å². The number of anilines is 1. The standard InChI is InChI=1S/C19H17ClN4O4S2/c1-23(12-14-4-3-9-28-14)19(25)15-7-6-13(20)10-16(15)22-30(26,27)18-5-2-8-24-17(18)11-21-29-24/h2-11,21-22H,12H2,1H3. The molecule has 0 fully saturated rings. The van der Waals surface area contributed by atoms with Gasteiger partial charge in [-0.3, -0.25) is 13.8 Å². The lowest BCUT2D eigenvalue weighted by atomic mass is 10.1. The van der Waals surface area contributed by atoms with E-state index in [0.29, 0.717) is 16.5 Å². The van der Waals surface area contributed by atoms with E-state index in [1.807, 2.05) is 0 Å². The lowest BCUT2D eigenvalue weighted by molar-refractivity contribution is 0.0776. The molecule has 0 saturated heterocycles. The van der Waals surface area contributed by atoms with Gasteiger partial charge in [0.1, 0.15) is 10.7 Å². The molecule has 3 heterocycles. The van der Waals surface area contributed by atoms with Crippen molar-refractivity contribution in [3.63, 3.8) is 0 Å². The number of amides is 1. The summed E-state index contributed by atoms with van der Waals surface area (Å²) in [5.41, 5.74) is 0.758. The van der Waals surface area contributed by atoms with Gasteiger partial charge < -0.3 is 14.0 Å². The third-order valence-corrected chi connectivity index (χ3v) is 6.76. The number of carbonyl (C=O) groups excluding carboxylic acids is 1. The lowest BCUT2D eigenvalue weighted by Gasteiger charge is -2.22. The monoisotopic (exact) mass is 464 g/mol. The number of hydrogen-bond acceptors (Lipinski definition) is 7. The van der Waals surface area contributed by atoms with Gasteiger partial charge in [0.05, 0.1) is 41.9 Å². The summed E-state index contributed by atoms with van der Waals surface area (Å²) in [6.07, 6.45) is 7.99. The van der Waals surface area contributed by atoms with Gasteiger partial charge in [-0.05, 0) is 42.5 Å². The Morgan fingerprint density at radius 1 is 1.37 bits per heavy atom. The van der Waals surface area contributed by atoms with Crippen LogP contribution < -0.4 is 9.44 Å². The molecule has 2 aliphatic rings. The second kappa shape index (κ2) is 8.13. The van der Waals surface area contributed by atoms with E-state index < -0.39 is 10.0 Å². The summed E-state index contributed by atoms with van der Waals surface area (Å²) in [7, 11) is -2.38. The first-order valence-electron chi connectivity index (χ1n) is 8.76. The molecule has 2 aliphatic heterocycles. The van der Waals surface area contributed by atoms with Gasteiger partial charge in [-0.15, -0.1) is 0 Å². The van der Waals surface area contributed by atoms with E-state index in [0.717, 1.165) is 0 Å². The Morgan fingerprint density at radius 2 is 2.20 bits per heavy atom. The fraction of sp³-hybridized carbons (Fsp3) is 0.105. The minimum Gasteiger partial charge on any atom is -0.467 e. The molecule has 0 unspecified atom stereocenters. The second-order valence-electron chi connectivity index (χ2n) is 6.47. The molecule has 4 rings (SSSR count). The summed E-state index contributed by atoms with van der Waals surface area (Å²) >= 11 is 7.34. The van der Waals surface area contributed by atoms with Crippen molar-refractivity contribution in [3.05, 3.63) is 88.1 Å². The molecule has 0 aliphatic carbocycles. The third kappa shape index (κ3) is 4.07. The zero-order valence-corrected chi connectivity index (χ0v) is 18.1. The van der Waals surface area contributed by atoms with Crippen molar-refractivity contribution < 1.29 is 17.6 Å². The maximum absolute atomic E-state index is 13.1. The van der Waals surface area contributed by atoms with Crippen molar-refractivity contribution in [2.75, 3.05) is 11.8 Å². The van der Waals surface area contributed by atoms with Crippen molar-refractivity contribution in [1.29, 1.82) is 0 Å². The molecule has 11 heteroatoms. The Labute approximate surface area is 183 Å². The fourth-order valence-corrected chi connectivity index (χ4v) is 5.11. The Bertz CT molecular complexity index is 1170. The molecule has 1 amide bonds. The zero-order valence-electron chi connectivity index (χ0n) is 15.7. The van der Waals surface area contributed by atoms with Gasteiger partial charge in [-0.1, -0.05) is 11.6 Å². The zero-order chi connectivity index (χ0) is 21.3. The van der Waals surface area contributed by atoms with Crippen molar-refractivity contribution >= 4 is 45.4 Å². The molecule has 1 aromatic heterocycles. The number of rotatable bonds is 6. The van der Waals surface area contributed by atoms with E-state index >= 15 is 0 Å². The maximum atomic E-state index is 13.1. The summed E-state index contributed by atoms with van der Waals surface area (Å²) in [5.74, 6) is 0.233. The summed E-state index contributed by atoms with van der Waals surface area (Å²) in [4.78, 5) is 14.5. The minimum absolute atomic E-state index is 0.0739. The number of halogens is 1. The average molecular weight is 465 g/mol. The highest BCUT2D eigenvalue weighted by atomic mass is 35.5. The van der Waals surface area contributed by atoms with Crippen molar-refractivity contribution in [3.8, 4) is 0 Å². The van der Waals surface area contributed by atoms with Gasteiger partial charge in [0.15, 0.2) is 0 Å². The summed E-state index contributed by atoms with van der Waals surface area (Å²) in [6, 6.07) is 7.94. The average Bonchev–Trinajstić information content (AvgIpc) is 3.38. The maximum Gasteiger partial charge on any atom is 0.264 e. The van der Waals surface area contributed by atoms with Crippen LogP contribution >= 0.6 is 23.7 Å². The van der Waals surface area contributed by atoms with Gasteiger partial charge in [0, 0.05) is 24.5 Å². The number of benzene rings is 1. The van der Waals surface area contributed by atoms with Crippen LogP contribution in [0.4, 0.5) is 5.69 Å². The van der Waals surface area contributed by atoms with Gasteiger partial charge in [-0.25, -0.2) is 8.42 Å². The molecule has 0 spiro atoms. The molecular weight excluding hydrogens is 448 g/mol. The van der Waals surface area contributed by atoms with Crippen LogP contribution in [-0.2, 0) is 16.6 Å². The highest BCUT2D eigenvalue weighted by Gasteiger charge is 2.31. The molecule has 0 bridgehead atoms. The summed E-state index contributed by atoms with van der Waals surface area (Å²) < 4.78 is 38.6. The highest BCUT2D eigenvalue weighted by molar-refractivity contribution is 7.97. The predicted molar refractivity (Wildman–Crippen MR) is 116 cm³/mol. The van der Waals surface area contributed by atoms with Crippen molar-refractivity contribution in [2.45, 2.75) is 6.54 Å². The van der Waals surface area contributed by atoms with E-state index in [1.165, 1.54) is 47.6 Å². The number of nitrogens with zero attached hydrogens (tertiary/aromatic N) is 2. The number of carbonyl (C=O) groups is 1. The molecule has 30 heavy (non-hydrogen) atoms. The first-order valence-corrected chi connectivity index (χ1v) is 11.4. The smallest absolute Gasteiger partial charge is 0.264 e. The number of furan rings is 1. The summed E-state index contributed by atoms with van der Waals surface area (Å²) in [5, 5.41) is 0.300. The topological polar surface area (TPSA) is 94.9 Å². The normalized spacial score (nSPS) is 15.2. The number of nitrogens with one attached hydrogen (secondary N) is 2.